The van der Waals surface area contributed by atoms with Crippen LogP contribution in [0, 0.1) is 17.3 Å². The number of nitrogens with one attached hydrogen (secondary N) is 1. The van der Waals surface area contributed by atoms with E-state index >= 15 is 0 Å². The van der Waals surface area contributed by atoms with E-state index in [1.807, 2.05) is 0 Å². The summed E-state index contributed by atoms with van der Waals surface area (Å²) in [5, 5.41) is 12.4. The Bertz CT molecular complexity index is 376. The van der Waals surface area contributed by atoms with Crippen LogP contribution in [0.4, 0.5) is 0 Å². The smallest absolute Gasteiger partial charge is 0.308 e. The van der Waals surface area contributed by atoms with Gasteiger partial charge in [-0.2, -0.15) is 0 Å². The van der Waals surface area contributed by atoms with E-state index < -0.39 is 17.3 Å². The van der Waals surface area contributed by atoms with Gasteiger partial charge in [-0.05, 0) is 31.6 Å². The number of carboxylic acid groups (broad SMARTS) is 1. The molecule has 0 heterocycles. The second-order valence-corrected chi connectivity index (χ2v) is 6.48. The Kier molecular flexibility index (Phi) is 4.68. The number of carbonyl (C=O) groups excluding carboxylic acids is 1. The highest BCUT2D eigenvalue weighted by atomic mass is 16.5. The zero-order valence-corrected chi connectivity index (χ0v) is 12.4. The average molecular weight is 283 g/mol. The molecule has 0 aromatic carbocycles. The van der Waals surface area contributed by atoms with Gasteiger partial charge in [-0.1, -0.05) is 19.8 Å². The minimum atomic E-state index is -0.870. The zero-order valence-electron chi connectivity index (χ0n) is 12.4. The van der Waals surface area contributed by atoms with Crippen molar-refractivity contribution in [2.24, 2.45) is 17.3 Å². The van der Waals surface area contributed by atoms with E-state index in [2.05, 4.69) is 12.2 Å². The molecule has 0 aromatic heterocycles. The first kappa shape index (κ1) is 15.3. The van der Waals surface area contributed by atoms with E-state index in [9.17, 15) is 14.7 Å². The largest absolute Gasteiger partial charge is 0.481 e. The summed E-state index contributed by atoms with van der Waals surface area (Å²) in [5.74, 6) is -0.843. The van der Waals surface area contributed by atoms with Gasteiger partial charge >= 0.3 is 5.97 Å². The zero-order chi connectivity index (χ0) is 14.8. The van der Waals surface area contributed by atoms with Gasteiger partial charge in [0.1, 0.15) is 0 Å². The van der Waals surface area contributed by atoms with Crippen molar-refractivity contribution >= 4 is 11.9 Å². The van der Waals surface area contributed by atoms with Crippen molar-refractivity contribution in [2.75, 3.05) is 13.7 Å². The van der Waals surface area contributed by atoms with Crippen LogP contribution in [-0.4, -0.2) is 36.7 Å². The summed E-state index contributed by atoms with van der Waals surface area (Å²) < 4.78 is 5.00. The monoisotopic (exact) mass is 283 g/mol. The van der Waals surface area contributed by atoms with Crippen LogP contribution in [0.15, 0.2) is 0 Å². The summed E-state index contributed by atoms with van der Waals surface area (Å²) in [6, 6.07) is 0.297. The Labute approximate surface area is 120 Å². The van der Waals surface area contributed by atoms with Gasteiger partial charge in [0.15, 0.2) is 0 Å². The Balaban J connectivity index is 2.03. The maximum Gasteiger partial charge on any atom is 0.308 e. The Morgan fingerprint density at radius 1 is 1.40 bits per heavy atom. The van der Waals surface area contributed by atoms with Crippen LogP contribution in [0.1, 0.15) is 45.4 Å². The second kappa shape index (κ2) is 6.12. The number of aliphatic carboxylic acids is 1. The highest BCUT2D eigenvalue weighted by Gasteiger charge is 2.46. The quantitative estimate of drug-likeness (QED) is 0.747. The van der Waals surface area contributed by atoms with Gasteiger partial charge < -0.3 is 15.2 Å². The lowest BCUT2D eigenvalue weighted by Crippen LogP contribution is -2.43. The molecule has 0 bridgehead atoms. The molecule has 2 aliphatic carbocycles. The number of methoxy groups -OCH3 is 1. The molecule has 2 rings (SSSR count). The standard InChI is InChI=1S/C15H25NO4/c1-10-7-12(10)16-14(19)15(5-3-4-6-15)8-11(9-20-2)13(17)18/h10-12H,3-9H2,1-2H3,(H,16,19)(H,17,18)/t10-,11?,12?/m1/s1. The molecule has 5 nitrogen and oxygen atoms in total. The summed E-state index contributed by atoms with van der Waals surface area (Å²) in [4.78, 5) is 23.9. The van der Waals surface area contributed by atoms with Crippen molar-refractivity contribution < 1.29 is 19.4 Å². The molecule has 114 valence electrons. The van der Waals surface area contributed by atoms with Crippen LogP contribution in [0.2, 0.25) is 0 Å². The summed E-state index contributed by atoms with van der Waals surface area (Å²) in [6.45, 7) is 2.29. The number of amides is 1. The lowest BCUT2D eigenvalue weighted by molar-refractivity contribution is -0.146. The predicted octanol–water partition coefficient (Wildman–Crippen LogP) is 1.81. The number of hydrogen-bond donors (Lipinski definition) is 2. The molecular weight excluding hydrogens is 258 g/mol. The Hall–Kier alpha value is -1.10. The van der Waals surface area contributed by atoms with Crippen molar-refractivity contribution in [1.29, 1.82) is 0 Å². The molecule has 0 aliphatic heterocycles. The molecule has 2 fully saturated rings. The van der Waals surface area contributed by atoms with E-state index in [1.54, 1.807) is 0 Å². The number of rotatable bonds is 7. The third-order valence-corrected chi connectivity index (χ3v) is 4.82. The number of ether oxygens (including phenoxy) is 1. The molecule has 2 saturated carbocycles. The molecule has 2 aliphatic rings. The summed E-state index contributed by atoms with van der Waals surface area (Å²) >= 11 is 0. The van der Waals surface area contributed by atoms with E-state index in [0.717, 1.165) is 32.1 Å². The van der Waals surface area contributed by atoms with E-state index in [1.165, 1.54) is 7.11 Å². The van der Waals surface area contributed by atoms with Crippen molar-refractivity contribution in [3.8, 4) is 0 Å². The van der Waals surface area contributed by atoms with Crippen molar-refractivity contribution in [1.82, 2.24) is 5.32 Å². The summed E-state index contributed by atoms with van der Waals surface area (Å²) in [5.41, 5.74) is -0.496. The third kappa shape index (κ3) is 3.32. The fraction of sp³-hybridized carbons (Fsp3) is 0.867. The van der Waals surface area contributed by atoms with Crippen LogP contribution in [0.5, 0.6) is 0 Å². The Morgan fingerprint density at radius 3 is 2.45 bits per heavy atom. The van der Waals surface area contributed by atoms with Gasteiger partial charge in [-0.25, -0.2) is 0 Å². The number of carboxylic acids is 1. The minimum Gasteiger partial charge on any atom is -0.481 e. The third-order valence-electron chi connectivity index (χ3n) is 4.82. The normalized spacial score (nSPS) is 28.9. The van der Waals surface area contributed by atoms with Crippen LogP contribution in [0.25, 0.3) is 0 Å². The first-order valence-electron chi connectivity index (χ1n) is 7.51. The first-order chi connectivity index (χ1) is 9.48. The van der Waals surface area contributed by atoms with E-state index in [4.69, 9.17) is 4.74 Å². The molecule has 5 heteroatoms. The van der Waals surface area contributed by atoms with Crippen molar-refractivity contribution in [2.45, 2.75) is 51.5 Å². The van der Waals surface area contributed by atoms with Crippen LogP contribution in [-0.2, 0) is 14.3 Å². The van der Waals surface area contributed by atoms with E-state index in [0.29, 0.717) is 18.4 Å². The SMILES string of the molecule is COCC(CC1(C(=O)NC2C[C@H]2C)CCCC1)C(=O)O. The molecule has 2 unspecified atom stereocenters. The van der Waals surface area contributed by atoms with Crippen molar-refractivity contribution in [3.05, 3.63) is 0 Å². The van der Waals surface area contributed by atoms with Gasteiger partial charge in [0.05, 0.1) is 17.9 Å². The molecule has 0 spiro atoms. The van der Waals surface area contributed by atoms with Gasteiger partial charge in [0, 0.05) is 13.2 Å². The van der Waals surface area contributed by atoms with Crippen molar-refractivity contribution in [3.63, 3.8) is 0 Å². The topological polar surface area (TPSA) is 75.6 Å². The fourth-order valence-electron chi connectivity index (χ4n) is 3.31. The summed E-state index contributed by atoms with van der Waals surface area (Å²) in [7, 11) is 1.50. The molecular formula is C15H25NO4. The lowest BCUT2D eigenvalue weighted by atomic mass is 9.77. The molecule has 0 aromatic rings. The second-order valence-electron chi connectivity index (χ2n) is 6.48. The maximum atomic E-state index is 12.6. The molecule has 0 saturated heterocycles. The van der Waals surface area contributed by atoms with Gasteiger partial charge in [0.25, 0.3) is 0 Å². The van der Waals surface area contributed by atoms with Crippen LogP contribution < -0.4 is 5.32 Å². The first-order valence-corrected chi connectivity index (χ1v) is 7.51. The van der Waals surface area contributed by atoms with E-state index in [-0.39, 0.29) is 12.5 Å². The maximum absolute atomic E-state index is 12.6. The number of carbonyl (C=O) groups is 2. The van der Waals surface area contributed by atoms with Gasteiger partial charge in [0.2, 0.25) is 5.91 Å². The molecule has 0 radical (unpaired) electrons. The molecule has 1 amide bonds. The molecule has 3 atom stereocenters. The average Bonchev–Trinajstić information content (AvgIpc) is 2.91. The molecule has 2 N–H and O–H groups in total. The highest BCUT2D eigenvalue weighted by molar-refractivity contribution is 5.84. The lowest BCUT2D eigenvalue weighted by Gasteiger charge is -2.30. The van der Waals surface area contributed by atoms with Crippen LogP contribution >= 0.6 is 0 Å². The fourth-order valence-corrected chi connectivity index (χ4v) is 3.31. The highest BCUT2D eigenvalue weighted by Crippen LogP contribution is 2.44. The predicted molar refractivity (Wildman–Crippen MR) is 74.2 cm³/mol. The Morgan fingerprint density at radius 2 is 2.00 bits per heavy atom. The summed E-state index contributed by atoms with van der Waals surface area (Å²) in [6.07, 6.45) is 5.05. The van der Waals surface area contributed by atoms with Gasteiger partial charge in [-0.15, -0.1) is 0 Å². The van der Waals surface area contributed by atoms with Gasteiger partial charge in [-0.3, -0.25) is 9.59 Å². The van der Waals surface area contributed by atoms with Crippen LogP contribution in [0.3, 0.4) is 0 Å². The molecule has 20 heavy (non-hydrogen) atoms. The minimum absolute atomic E-state index is 0.0618. The number of hydrogen-bond acceptors (Lipinski definition) is 3.